The minimum absolute atomic E-state index is 0.194. The molecule has 1 amide bonds. The summed E-state index contributed by atoms with van der Waals surface area (Å²) in [5.74, 6) is 0.641. The Labute approximate surface area is 165 Å². The van der Waals surface area contributed by atoms with Gasteiger partial charge in [0.05, 0.1) is 11.7 Å². The maximum absolute atomic E-state index is 12.5. The molecule has 0 unspecified atom stereocenters. The van der Waals surface area contributed by atoms with Crippen molar-refractivity contribution in [1.29, 1.82) is 0 Å². The molecular formula is C21H29NO4S. The van der Waals surface area contributed by atoms with E-state index >= 15 is 0 Å². The van der Waals surface area contributed by atoms with Gasteiger partial charge in [-0.15, -0.1) is 11.8 Å². The van der Waals surface area contributed by atoms with Gasteiger partial charge in [0.2, 0.25) is 0 Å². The summed E-state index contributed by atoms with van der Waals surface area (Å²) >= 11 is 1.61. The molecule has 1 saturated heterocycles. The second-order valence-electron chi connectivity index (χ2n) is 7.45. The molecule has 1 N–H and O–H groups in total. The third-order valence-corrected chi connectivity index (χ3v) is 6.55. The molecule has 148 valence electrons. The minimum atomic E-state index is -0.447. The van der Waals surface area contributed by atoms with Crippen LogP contribution in [0, 0.1) is 5.92 Å². The first kappa shape index (κ1) is 20.2. The van der Waals surface area contributed by atoms with Gasteiger partial charge in [0.1, 0.15) is 0 Å². The van der Waals surface area contributed by atoms with Crippen LogP contribution in [0.1, 0.15) is 55.8 Å². The lowest BCUT2D eigenvalue weighted by atomic mass is 9.86. The molecule has 0 aromatic heterocycles. The van der Waals surface area contributed by atoms with Crippen molar-refractivity contribution in [2.75, 3.05) is 19.0 Å². The quantitative estimate of drug-likeness (QED) is 0.566. The fraction of sp³-hybridized carbons (Fsp3) is 0.619. The third kappa shape index (κ3) is 5.98. The lowest BCUT2D eigenvalue weighted by Crippen LogP contribution is -2.42. The first-order valence-corrected chi connectivity index (χ1v) is 10.9. The molecule has 1 heterocycles. The summed E-state index contributed by atoms with van der Waals surface area (Å²) < 4.78 is 10.9. The number of nitrogens with one attached hydrogen (secondary N) is 1. The molecule has 1 aliphatic carbocycles. The number of esters is 1. The van der Waals surface area contributed by atoms with Crippen molar-refractivity contribution in [1.82, 2.24) is 5.32 Å². The summed E-state index contributed by atoms with van der Waals surface area (Å²) in [5, 5.41) is 3.01. The smallest absolute Gasteiger partial charge is 0.339 e. The molecule has 1 aliphatic heterocycles. The van der Waals surface area contributed by atoms with Crippen LogP contribution in [0.25, 0.3) is 0 Å². The number of ether oxygens (including phenoxy) is 2. The summed E-state index contributed by atoms with van der Waals surface area (Å²) in [5.41, 5.74) is 0.513. The topological polar surface area (TPSA) is 64.6 Å². The molecule has 1 aromatic carbocycles. The van der Waals surface area contributed by atoms with Crippen molar-refractivity contribution in [3.63, 3.8) is 0 Å². The standard InChI is InChI=1S/C21H29NO4S/c1-15-7-2-4-10-18(15)22-20(23)13-26-21(24)17-9-3-5-11-19(17)27-14-16-8-6-12-25-16/h3,5,9,11,15-16,18H,2,4,6-8,10,12-14H2,1H3,(H,22,23)/t15-,16-,18+/m0/s1. The molecule has 1 saturated carbocycles. The summed E-state index contributed by atoms with van der Waals surface area (Å²) in [4.78, 5) is 25.5. The van der Waals surface area contributed by atoms with Gasteiger partial charge in [0.15, 0.2) is 6.61 Å². The highest BCUT2D eigenvalue weighted by Gasteiger charge is 2.24. The number of amides is 1. The summed E-state index contributed by atoms with van der Waals surface area (Å²) in [6.07, 6.45) is 6.93. The van der Waals surface area contributed by atoms with Gasteiger partial charge in [-0.05, 0) is 43.7 Å². The van der Waals surface area contributed by atoms with Gasteiger partial charge in [-0.1, -0.05) is 31.9 Å². The van der Waals surface area contributed by atoms with Crippen molar-refractivity contribution in [3.05, 3.63) is 29.8 Å². The molecule has 3 atom stereocenters. The number of rotatable bonds is 7. The zero-order valence-electron chi connectivity index (χ0n) is 15.9. The molecule has 27 heavy (non-hydrogen) atoms. The fourth-order valence-electron chi connectivity index (χ4n) is 3.71. The number of carbonyl (C=O) groups is 2. The van der Waals surface area contributed by atoms with Gasteiger partial charge in [-0.3, -0.25) is 4.79 Å². The second kappa shape index (κ2) is 10.1. The highest BCUT2D eigenvalue weighted by molar-refractivity contribution is 7.99. The molecule has 0 bridgehead atoms. The Morgan fingerprint density at radius 1 is 1.19 bits per heavy atom. The van der Waals surface area contributed by atoms with E-state index in [-0.39, 0.29) is 24.7 Å². The molecule has 3 rings (SSSR count). The zero-order chi connectivity index (χ0) is 19.1. The molecule has 2 aliphatic rings. The Morgan fingerprint density at radius 3 is 2.78 bits per heavy atom. The van der Waals surface area contributed by atoms with Crippen molar-refractivity contribution in [3.8, 4) is 0 Å². The average Bonchev–Trinajstić information content (AvgIpc) is 3.20. The Balaban J connectivity index is 1.49. The van der Waals surface area contributed by atoms with Crippen molar-refractivity contribution >= 4 is 23.6 Å². The molecular weight excluding hydrogens is 362 g/mol. The maximum atomic E-state index is 12.5. The molecule has 2 fully saturated rings. The van der Waals surface area contributed by atoms with Crippen molar-refractivity contribution < 1.29 is 19.1 Å². The molecule has 0 radical (unpaired) electrons. The van der Waals surface area contributed by atoms with E-state index in [1.165, 1.54) is 6.42 Å². The molecule has 5 nitrogen and oxygen atoms in total. The van der Waals surface area contributed by atoms with Gasteiger partial charge in [0.25, 0.3) is 5.91 Å². The SMILES string of the molecule is C[C@H]1CCCC[C@H]1NC(=O)COC(=O)c1ccccc1SC[C@@H]1CCCO1. The highest BCUT2D eigenvalue weighted by atomic mass is 32.2. The van der Waals surface area contributed by atoms with Gasteiger partial charge >= 0.3 is 5.97 Å². The third-order valence-electron chi connectivity index (χ3n) is 5.35. The van der Waals surface area contributed by atoms with Crippen molar-refractivity contribution in [2.45, 2.75) is 62.5 Å². The lowest BCUT2D eigenvalue weighted by molar-refractivity contribution is -0.125. The number of thioether (sulfide) groups is 1. The van der Waals surface area contributed by atoms with Gasteiger partial charge < -0.3 is 14.8 Å². The predicted molar refractivity (Wildman–Crippen MR) is 106 cm³/mol. The molecule has 0 spiro atoms. The summed E-state index contributed by atoms with van der Waals surface area (Å²) in [6, 6.07) is 7.59. The van der Waals surface area contributed by atoms with E-state index in [2.05, 4.69) is 12.2 Å². The van der Waals surface area contributed by atoms with E-state index in [0.717, 1.165) is 49.4 Å². The number of benzene rings is 1. The number of hydrogen-bond acceptors (Lipinski definition) is 5. The highest BCUT2D eigenvalue weighted by Crippen LogP contribution is 2.27. The lowest BCUT2D eigenvalue weighted by Gasteiger charge is -2.29. The van der Waals surface area contributed by atoms with Crippen LogP contribution >= 0.6 is 11.8 Å². The van der Waals surface area contributed by atoms with Crippen LogP contribution in [0.2, 0.25) is 0 Å². The maximum Gasteiger partial charge on any atom is 0.339 e. The number of carbonyl (C=O) groups excluding carboxylic acids is 2. The Bertz CT molecular complexity index is 645. The number of hydrogen-bond donors (Lipinski definition) is 1. The van der Waals surface area contributed by atoms with Crippen LogP contribution in [0.5, 0.6) is 0 Å². The predicted octanol–water partition coefficient (Wildman–Crippen LogP) is 3.81. The molecule has 1 aromatic rings. The first-order chi connectivity index (χ1) is 13.1. The Morgan fingerprint density at radius 2 is 2.00 bits per heavy atom. The average molecular weight is 392 g/mol. The van der Waals surface area contributed by atoms with Crippen molar-refractivity contribution in [2.24, 2.45) is 5.92 Å². The van der Waals surface area contributed by atoms with E-state index < -0.39 is 5.97 Å². The van der Waals surface area contributed by atoms with E-state index in [4.69, 9.17) is 9.47 Å². The van der Waals surface area contributed by atoms with E-state index in [1.54, 1.807) is 17.8 Å². The van der Waals surface area contributed by atoms with E-state index in [0.29, 0.717) is 11.5 Å². The zero-order valence-corrected chi connectivity index (χ0v) is 16.8. The first-order valence-electron chi connectivity index (χ1n) is 9.93. The Hall–Kier alpha value is -1.53. The second-order valence-corrected chi connectivity index (χ2v) is 8.52. The monoisotopic (exact) mass is 391 g/mol. The summed E-state index contributed by atoms with van der Waals surface area (Å²) in [6.45, 7) is 2.76. The Kier molecular flexibility index (Phi) is 7.59. The van der Waals surface area contributed by atoms with Crippen LogP contribution in [-0.2, 0) is 14.3 Å². The van der Waals surface area contributed by atoms with Crippen LogP contribution < -0.4 is 5.32 Å². The van der Waals surface area contributed by atoms with Crippen LogP contribution in [-0.4, -0.2) is 43.0 Å². The van der Waals surface area contributed by atoms with Gasteiger partial charge in [0, 0.05) is 23.3 Å². The minimum Gasteiger partial charge on any atom is -0.452 e. The summed E-state index contributed by atoms with van der Waals surface area (Å²) in [7, 11) is 0. The van der Waals surface area contributed by atoms with Gasteiger partial charge in [-0.25, -0.2) is 4.79 Å². The van der Waals surface area contributed by atoms with Gasteiger partial charge in [-0.2, -0.15) is 0 Å². The molecule has 6 heteroatoms. The van der Waals surface area contributed by atoms with Crippen LogP contribution in [0.3, 0.4) is 0 Å². The van der Waals surface area contributed by atoms with Crippen LogP contribution in [0.4, 0.5) is 0 Å². The normalized spacial score (nSPS) is 25.1. The van der Waals surface area contributed by atoms with Crippen LogP contribution in [0.15, 0.2) is 29.2 Å². The fourth-order valence-corrected chi connectivity index (χ4v) is 4.82. The van der Waals surface area contributed by atoms with E-state index in [9.17, 15) is 9.59 Å². The van der Waals surface area contributed by atoms with E-state index in [1.807, 2.05) is 18.2 Å². The largest absolute Gasteiger partial charge is 0.452 e.